The van der Waals surface area contributed by atoms with Gasteiger partial charge < -0.3 is 5.11 Å². The van der Waals surface area contributed by atoms with Gasteiger partial charge >= 0.3 is 5.97 Å². The average molecular weight is 302 g/mol. The third-order valence-corrected chi connectivity index (χ3v) is 3.40. The van der Waals surface area contributed by atoms with E-state index in [1.165, 1.54) is 18.3 Å². The van der Waals surface area contributed by atoms with Crippen LogP contribution in [0.5, 0.6) is 0 Å². The zero-order chi connectivity index (χ0) is 14.0. The first-order valence-corrected chi connectivity index (χ1v) is 6.18. The van der Waals surface area contributed by atoms with Gasteiger partial charge in [0.2, 0.25) is 0 Å². The maximum atomic E-state index is 13.0. The van der Waals surface area contributed by atoms with Gasteiger partial charge in [-0.25, -0.2) is 18.6 Å². The summed E-state index contributed by atoms with van der Waals surface area (Å²) in [6.07, 6.45) is 1.20. The van der Waals surface area contributed by atoms with Gasteiger partial charge in [-0.05, 0) is 24.3 Å². The predicted octanol–water partition coefficient (Wildman–Crippen LogP) is 3.86. The van der Waals surface area contributed by atoms with E-state index in [4.69, 9.17) is 16.7 Å². The Labute approximate surface area is 116 Å². The molecule has 19 heavy (non-hydrogen) atoms. The van der Waals surface area contributed by atoms with Crippen LogP contribution in [0.15, 0.2) is 40.4 Å². The second kappa shape index (κ2) is 5.54. The number of hydrogen-bond donors (Lipinski definition) is 1. The Bertz CT molecular complexity index is 652. The number of hydrogen-bond acceptors (Lipinski definition) is 3. The number of halogens is 3. The number of rotatable bonds is 3. The zero-order valence-corrected chi connectivity index (χ0v) is 10.8. The summed E-state index contributed by atoms with van der Waals surface area (Å²) < 4.78 is 25.8. The van der Waals surface area contributed by atoms with Gasteiger partial charge in [-0.1, -0.05) is 23.4 Å². The lowest BCUT2D eigenvalue weighted by atomic mass is 10.3. The van der Waals surface area contributed by atoms with Crippen LogP contribution in [0.1, 0.15) is 10.4 Å². The topological polar surface area (TPSA) is 50.2 Å². The molecular weight excluding hydrogens is 296 g/mol. The number of pyridine rings is 1. The molecule has 1 aromatic carbocycles. The van der Waals surface area contributed by atoms with E-state index >= 15 is 0 Å². The number of aromatic carboxylic acids is 1. The fourth-order valence-corrected chi connectivity index (χ4v) is 2.31. The van der Waals surface area contributed by atoms with Crippen LogP contribution in [0.2, 0.25) is 5.02 Å². The molecule has 0 aliphatic heterocycles. The van der Waals surface area contributed by atoms with Gasteiger partial charge in [0.1, 0.15) is 5.03 Å². The Balaban J connectivity index is 2.30. The largest absolute Gasteiger partial charge is 0.478 e. The molecule has 2 aromatic rings. The first-order valence-electron chi connectivity index (χ1n) is 4.99. The first-order chi connectivity index (χ1) is 8.97. The van der Waals surface area contributed by atoms with E-state index in [9.17, 15) is 13.6 Å². The van der Waals surface area contributed by atoms with Gasteiger partial charge in [-0.15, -0.1) is 0 Å². The van der Waals surface area contributed by atoms with E-state index in [0.29, 0.717) is 9.92 Å². The number of carboxylic acids is 1. The smallest absolute Gasteiger partial charge is 0.337 e. The lowest BCUT2D eigenvalue weighted by molar-refractivity contribution is 0.0696. The van der Waals surface area contributed by atoms with Crippen LogP contribution in [0, 0.1) is 11.6 Å². The second-order valence-corrected chi connectivity index (χ2v) is 4.99. The summed E-state index contributed by atoms with van der Waals surface area (Å²) in [4.78, 5) is 15.2. The van der Waals surface area contributed by atoms with Crippen molar-refractivity contribution < 1.29 is 18.7 Å². The molecule has 0 aliphatic rings. The highest BCUT2D eigenvalue weighted by Gasteiger charge is 2.12. The van der Waals surface area contributed by atoms with Crippen molar-refractivity contribution in [1.82, 2.24) is 4.98 Å². The molecule has 0 radical (unpaired) electrons. The van der Waals surface area contributed by atoms with E-state index in [0.717, 1.165) is 23.9 Å². The lowest BCUT2D eigenvalue weighted by Gasteiger charge is -2.04. The Kier molecular flexibility index (Phi) is 4.01. The van der Waals surface area contributed by atoms with E-state index in [-0.39, 0.29) is 10.6 Å². The molecule has 0 unspecified atom stereocenters. The van der Waals surface area contributed by atoms with Crippen LogP contribution in [-0.2, 0) is 0 Å². The molecule has 1 aromatic heterocycles. The summed E-state index contributed by atoms with van der Waals surface area (Å²) in [5, 5.41) is 9.25. The summed E-state index contributed by atoms with van der Waals surface area (Å²) in [5.41, 5.74) is -0.0956. The van der Waals surface area contributed by atoms with E-state index in [1.54, 1.807) is 0 Å². The summed E-state index contributed by atoms with van der Waals surface area (Å²) in [6, 6.07) is 4.65. The summed E-state index contributed by atoms with van der Waals surface area (Å²) in [5.74, 6) is -3.10. The molecule has 0 bridgehead atoms. The average Bonchev–Trinajstić information content (AvgIpc) is 2.36. The highest BCUT2D eigenvalue weighted by atomic mass is 35.5. The quantitative estimate of drug-likeness (QED) is 0.935. The third kappa shape index (κ3) is 3.21. The van der Waals surface area contributed by atoms with Crippen molar-refractivity contribution in [3.63, 3.8) is 0 Å². The molecule has 0 saturated carbocycles. The van der Waals surface area contributed by atoms with Gasteiger partial charge in [-0.2, -0.15) is 0 Å². The molecule has 98 valence electrons. The molecule has 2 rings (SSSR count). The maximum Gasteiger partial charge on any atom is 0.337 e. The number of benzene rings is 1. The highest BCUT2D eigenvalue weighted by Crippen LogP contribution is 2.29. The van der Waals surface area contributed by atoms with Gasteiger partial charge in [0, 0.05) is 11.1 Å². The number of nitrogens with zero attached hydrogens (tertiary/aromatic N) is 1. The molecular formula is C12H6ClF2NO2S. The highest BCUT2D eigenvalue weighted by molar-refractivity contribution is 7.99. The molecule has 7 heteroatoms. The Hall–Kier alpha value is -1.66. The molecule has 0 saturated heterocycles. The van der Waals surface area contributed by atoms with Gasteiger partial charge in [-0.3, -0.25) is 0 Å². The fraction of sp³-hybridized carbons (Fsp3) is 0. The van der Waals surface area contributed by atoms with Crippen LogP contribution in [0.25, 0.3) is 0 Å². The maximum absolute atomic E-state index is 13.0. The fourth-order valence-electron chi connectivity index (χ4n) is 1.30. The van der Waals surface area contributed by atoms with Crippen molar-refractivity contribution in [2.75, 3.05) is 0 Å². The van der Waals surface area contributed by atoms with Crippen LogP contribution in [0.4, 0.5) is 8.78 Å². The number of aromatic nitrogens is 1. The van der Waals surface area contributed by atoms with Crippen LogP contribution >= 0.6 is 23.4 Å². The third-order valence-electron chi connectivity index (χ3n) is 2.17. The van der Waals surface area contributed by atoms with Crippen molar-refractivity contribution in [1.29, 1.82) is 0 Å². The minimum absolute atomic E-state index is 0.0159. The second-order valence-electron chi connectivity index (χ2n) is 3.49. The molecule has 1 N–H and O–H groups in total. The minimum atomic E-state index is -1.18. The van der Waals surface area contributed by atoms with Gasteiger partial charge in [0.05, 0.1) is 10.6 Å². The zero-order valence-electron chi connectivity index (χ0n) is 9.23. The van der Waals surface area contributed by atoms with Crippen molar-refractivity contribution in [2.24, 2.45) is 0 Å². The molecule has 0 amide bonds. The summed E-state index contributed by atoms with van der Waals surface area (Å²) >= 11 is 6.69. The molecule has 0 aliphatic carbocycles. The molecule has 0 atom stereocenters. The normalized spacial score (nSPS) is 10.5. The predicted molar refractivity (Wildman–Crippen MR) is 66.7 cm³/mol. The molecule has 3 nitrogen and oxygen atoms in total. The standard InChI is InChI=1S/C12H6ClF2NO2S/c13-8-5-16-11(4-7(8)12(17)18)19-6-1-2-9(14)10(15)3-6/h1-5H,(H,17,18). The van der Waals surface area contributed by atoms with Gasteiger partial charge in [0.15, 0.2) is 11.6 Å². The molecule has 0 fully saturated rings. The Morgan fingerprint density at radius 2 is 2.00 bits per heavy atom. The van der Waals surface area contributed by atoms with Crippen molar-refractivity contribution in [3.05, 3.63) is 52.7 Å². The Morgan fingerprint density at radius 3 is 2.63 bits per heavy atom. The van der Waals surface area contributed by atoms with Crippen LogP contribution < -0.4 is 0 Å². The van der Waals surface area contributed by atoms with Crippen molar-refractivity contribution >= 4 is 29.3 Å². The Morgan fingerprint density at radius 1 is 1.26 bits per heavy atom. The molecule has 0 spiro atoms. The van der Waals surface area contributed by atoms with Crippen molar-refractivity contribution in [3.8, 4) is 0 Å². The van der Waals surface area contributed by atoms with E-state index < -0.39 is 17.6 Å². The van der Waals surface area contributed by atoms with E-state index in [1.807, 2.05) is 0 Å². The summed E-state index contributed by atoms with van der Waals surface area (Å²) in [6.45, 7) is 0. The molecule has 1 heterocycles. The number of carbonyl (C=O) groups is 1. The monoisotopic (exact) mass is 301 g/mol. The van der Waals surface area contributed by atoms with Crippen LogP contribution in [-0.4, -0.2) is 16.1 Å². The van der Waals surface area contributed by atoms with Crippen LogP contribution in [0.3, 0.4) is 0 Å². The van der Waals surface area contributed by atoms with Crippen molar-refractivity contribution in [2.45, 2.75) is 9.92 Å². The van der Waals surface area contributed by atoms with Gasteiger partial charge in [0.25, 0.3) is 0 Å². The first kappa shape index (κ1) is 13.8. The van der Waals surface area contributed by atoms with E-state index in [2.05, 4.69) is 4.98 Å². The number of carboxylic acid groups (broad SMARTS) is 1. The summed E-state index contributed by atoms with van der Waals surface area (Å²) in [7, 11) is 0. The SMILES string of the molecule is O=C(O)c1cc(Sc2ccc(F)c(F)c2)ncc1Cl. The lowest BCUT2D eigenvalue weighted by Crippen LogP contribution is -1.98. The minimum Gasteiger partial charge on any atom is -0.478 e.